The van der Waals surface area contributed by atoms with Crippen LogP contribution in [0.3, 0.4) is 0 Å². The van der Waals surface area contributed by atoms with E-state index in [1.807, 2.05) is 0 Å². The number of benzene rings is 1. The number of rotatable bonds is 2. The number of hydrogen-bond acceptors (Lipinski definition) is 3. The first-order valence-corrected chi connectivity index (χ1v) is 6.03. The fourth-order valence-electron chi connectivity index (χ4n) is 1.58. The summed E-state index contributed by atoms with van der Waals surface area (Å²) in [5, 5.41) is -0.183. The Bertz CT molecular complexity index is 460. The normalized spacial score (nSPS) is 24.4. The summed E-state index contributed by atoms with van der Waals surface area (Å²) in [7, 11) is -4.13. The van der Waals surface area contributed by atoms with Crippen LogP contribution in [0.25, 0.3) is 0 Å². The molecule has 0 saturated heterocycles. The third-order valence-corrected chi connectivity index (χ3v) is 3.88. The van der Waals surface area contributed by atoms with E-state index in [0.29, 0.717) is 11.4 Å². The van der Waals surface area contributed by atoms with Crippen LogP contribution in [0.5, 0.6) is 0 Å². The Balaban J connectivity index is 0.00000112. The fourth-order valence-corrected chi connectivity index (χ4v) is 2.78. The van der Waals surface area contributed by atoms with E-state index in [1.165, 1.54) is 0 Å². The van der Waals surface area contributed by atoms with Crippen LogP contribution in [0, 0.1) is 0 Å². The average Bonchev–Trinajstić information content (AvgIpc) is 2.81. The third-order valence-electron chi connectivity index (χ3n) is 2.38. The topological polar surface area (TPSA) is 57.2 Å². The van der Waals surface area contributed by atoms with Crippen molar-refractivity contribution in [1.29, 1.82) is 0 Å². The molecule has 15 heavy (non-hydrogen) atoms. The molecular formula is C9H8ClKO3S. The van der Waals surface area contributed by atoms with Crippen molar-refractivity contribution in [2.75, 3.05) is 0 Å². The van der Waals surface area contributed by atoms with Gasteiger partial charge in [0.15, 0.2) is 0 Å². The Labute approximate surface area is 136 Å². The van der Waals surface area contributed by atoms with Gasteiger partial charge in [-0.15, -0.1) is 0 Å². The monoisotopic (exact) mass is 270 g/mol. The Hall–Kier alpha value is 1.06. The quantitative estimate of drug-likeness (QED) is 0.498. The average molecular weight is 271 g/mol. The van der Waals surface area contributed by atoms with Crippen LogP contribution in [0.15, 0.2) is 24.3 Å². The summed E-state index contributed by atoms with van der Waals surface area (Å²) in [6, 6.07) is 6.97. The van der Waals surface area contributed by atoms with Gasteiger partial charge >= 0.3 is 51.4 Å². The first kappa shape index (κ1) is 14.1. The first-order valence-electron chi connectivity index (χ1n) is 4.18. The van der Waals surface area contributed by atoms with Gasteiger partial charge in [-0.3, -0.25) is 0 Å². The minimum atomic E-state index is -4.13. The van der Waals surface area contributed by atoms with Gasteiger partial charge in [-0.25, -0.2) is 8.42 Å². The molecule has 76 valence electrons. The zero-order valence-corrected chi connectivity index (χ0v) is 12.9. The van der Waals surface area contributed by atoms with Crippen LogP contribution in [-0.4, -0.2) is 18.2 Å². The largest absolute Gasteiger partial charge is 1.00 e. The number of hydrogen-bond donors (Lipinski definition) is 0. The van der Waals surface area contributed by atoms with Crippen LogP contribution in [-0.2, 0) is 10.1 Å². The van der Waals surface area contributed by atoms with Gasteiger partial charge in [-0.05, 0) is 24.1 Å². The summed E-state index contributed by atoms with van der Waals surface area (Å²) in [4.78, 5) is 0. The zero-order chi connectivity index (χ0) is 10.3. The second-order valence-electron chi connectivity index (χ2n) is 3.43. The number of halogens is 1. The molecule has 0 heterocycles. The standard InChI is InChI=1S/C9H9ClO3S.K/c10-7-3-1-2-6(4-7)8-5-9(8)14(11,12)13;/h1-4,8-9H,5H2,(H,11,12,13);/q;+1/p-1. The molecule has 3 nitrogen and oxygen atoms in total. The van der Waals surface area contributed by atoms with E-state index in [0.717, 1.165) is 5.56 Å². The maximum Gasteiger partial charge on any atom is 1.00 e. The van der Waals surface area contributed by atoms with E-state index in [2.05, 4.69) is 0 Å². The maximum atomic E-state index is 10.7. The van der Waals surface area contributed by atoms with Gasteiger partial charge < -0.3 is 4.55 Å². The van der Waals surface area contributed by atoms with Crippen molar-refractivity contribution in [3.63, 3.8) is 0 Å². The predicted molar refractivity (Wildman–Crippen MR) is 52.3 cm³/mol. The molecule has 0 radical (unpaired) electrons. The van der Waals surface area contributed by atoms with E-state index >= 15 is 0 Å². The molecule has 1 aromatic rings. The van der Waals surface area contributed by atoms with Crippen LogP contribution in [0.2, 0.25) is 5.02 Å². The van der Waals surface area contributed by atoms with Crippen molar-refractivity contribution in [2.45, 2.75) is 17.6 Å². The molecule has 0 amide bonds. The molecular weight excluding hydrogens is 263 g/mol. The molecule has 0 bridgehead atoms. The zero-order valence-electron chi connectivity index (χ0n) is 8.18. The molecule has 0 spiro atoms. The van der Waals surface area contributed by atoms with Gasteiger partial charge in [0.05, 0.1) is 15.4 Å². The van der Waals surface area contributed by atoms with Gasteiger partial charge in [0.1, 0.15) is 0 Å². The van der Waals surface area contributed by atoms with E-state index in [-0.39, 0.29) is 57.3 Å². The summed E-state index contributed by atoms with van der Waals surface area (Å²) in [5.41, 5.74) is 0.835. The summed E-state index contributed by atoms with van der Waals surface area (Å²) in [6.45, 7) is 0. The van der Waals surface area contributed by atoms with Crippen molar-refractivity contribution in [1.82, 2.24) is 0 Å². The summed E-state index contributed by atoms with van der Waals surface area (Å²) in [5.74, 6) is -0.156. The molecule has 0 aliphatic heterocycles. The minimum Gasteiger partial charge on any atom is -0.748 e. The molecule has 6 heteroatoms. The van der Waals surface area contributed by atoms with Crippen LogP contribution in [0.4, 0.5) is 0 Å². The molecule has 0 aromatic heterocycles. The van der Waals surface area contributed by atoms with Crippen molar-refractivity contribution in [3.05, 3.63) is 34.9 Å². The molecule has 1 aromatic carbocycles. The Kier molecular flexibility index (Phi) is 4.84. The van der Waals surface area contributed by atoms with Crippen LogP contribution < -0.4 is 51.4 Å². The summed E-state index contributed by atoms with van der Waals surface area (Å²) >= 11 is 5.75. The molecule has 0 N–H and O–H groups in total. The molecule has 1 saturated carbocycles. The van der Waals surface area contributed by atoms with E-state index in [1.54, 1.807) is 24.3 Å². The molecule has 2 atom stereocenters. The molecule has 2 unspecified atom stereocenters. The van der Waals surface area contributed by atoms with Crippen molar-refractivity contribution >= 4 is 21.7 Å². The van der Waals surface area contributed by atoms with Gasteiger partial charge in [0.25, 0.3) is 0 Å². The third kappa shape index (κ3) is 3.51. The Morgan fingerprint density at radius 2 is 2.07 bits per heavy atom. The van der Waals surface area contributed by atoms with Crippen LogP contribution in [0.1, 0.15) is 17.9 Å². The Morgan fingerprint density at radius 3 is 2.53 bits per heavy atom. The van der Waals surface area contributed by atoms with Crippen molar-refractivity contribution in [3.8, 4) is 0 Å². The van der Waals surface area contributed by atoms with E-state index in [9.17, 15) is 13.0 Å². The molecule has 1 aliphatic rings. The van der Waals surface area contributed by atoms with Gasteiger partial charge in [0.2, 0.25) is 0 Å². The van der Waals surface area contributed by atoms with Gasteiger partial charge in [0, 0.05) is 10.9 Å². The first-order chi connectivity index (χ1) is 6.48. The van der Waals surface area contributed by atoms with Gasteiger partial charge in [-0.2, -0.15) is 0 Å². The second kappa shape index (κ2) is 5.14. The fraction of sp³-hybridized carbons (Fsp3) is 0.333. The van der Waals surface area contributed by atoms with E-state index in [4.69, 9.17) is 11.6 Å². The Morgan fingerprint density at radius 1 is 1.40 bits per heavy atom. The predicted octanol–water partition coefficient (Wildman–Crippen LogP) is -1.25. The van der Waals surface area contributed by atoms with Crippen LogP contribution >= 0.6 is 11.6 Å². The maximum absolute atomic E-state index is 10.7. The minimum absolute atomic E-state index is 0. The smallest absolute Gasteiger partial charge is 0.748 e. The van der Waals surface area contributed by atoms with Gasteiger partial charge in [-0.1, -0.05) is 23.7 Å². The summed E-state index contributed by atoms with van der Waals surface area (Å²) in [6.07, 6.45) is 0.423. The SMILES string of the molecule is O=S(=O)([O-])C1CC1c1cccc(Cl)c1.[K+]. The molecule has 1 fully saturated rings. The summed E-state index contributed by atoms with van der Waals surface area (Å²) < 4.78 is 32.0. The molecule has 1 aliphatic carbocycles. The molecule has 2 rings (SSSR count). The second-order valence-corrected chi connectivity index (χ2v) is 5.46. The van der Waals surface area contributed by atoms with Crippen molar-refractivity contribution < 1.29 is 64.4 Å². The van der Waals surface area contributed by atoms with Crippen molar-refractivity contribution in [2.24, 2.45) is 0 Å². The van der Waals surface area contributed by atoms with E-state index < -0.39 is 15.4 Å².